The molecule has 1 aliphatic heterocycles. The summed E-state index contributed by atoms with van der Waals surface area (Å²) in [7, 11) is 1.70. The van der Waals surface area contributed by atoms with Crippen molar-refractivity contribution in [1.29, 1.82) is 0 Å². The second-order valence-corrected chi connectivity index (χ2v) is 5.45. The van der Waals surface area contributed by atoms with Crippen molar-refractivity contribution in [3.05, 3.63) is 16.8 Å². The fourth-order valence-corrected chi connectivity index (χ4v) is 3.13. The molecule has 1 fully saturated rings. The number of thiophene rings is 1. The molecule has 0 saturated carbocycles. The van der Waals surface area contributed by atoms with Gasteiger partial charge in [-0.05, 0) is 11.4 Å². The second kappa shape index (κ2) is 6.61. The number of methoxy groups -OCH3 is 1. The topological polar surface area (TPSA) is 27.7 Å². The Hall–Kier alpha value is -0.0700. The molecule has 0 radical (unpaired) electrons. The molecule has 0 N–H and O–H groups in total. The Bertz CT molecular complexity index is 285. The predicted molar refractivity (Wildman–Crippen MR) is 66.1 cm³/mol. The SMILES string of the molecule is COCC(CSc1ccsc1)OC1CCO1. The summed E-state index contributed by atoms with van der Waals surface area (Å²) in [6, 6.07) is 2.12. The van der Waals surface area contributed by atoms with Gasteiger partial charge < -0.3 is 14.2 Å². The molecule has 1 saturated heterocycles. The lowest BCUT2D eigenvalue weighted by Crippen LogP contribution is -2.36. The van der Waals surface area contributed by atoms with Crippen molar-refractivity contribution < 1.29 is 14.2 Å². The third-order valence-electron chi connectivity index (χ3n) is 2.29. The lowest BCUT2D eigenvalue weighted by Gasteiger charge is -2.30. The van der Waals surface area contributed by atoms with Crippen LogP contribution in [0.4, 0.5) is 0 Å². The minimum Gasteiger partial charge on any atom is -0.382 e. The van der Waals surface area contributed by atoms with E-state index in [9.17, 15) is 0 Å². The van der Waals surface area contributed by atoms with Crippen LogP contribution < -0.4 is 0 Å². The lowest BCUT2D eigenvalue weighted by atomic mass is 10.3. The fourth-order valence-electron chi connectivity index (χ4n) is 1.37. The molecule has 0 spiro atoms. The Balaban J connectivity index is 1.72. The Morgan fingerprint density at radius 3 is 3.12 bits per heavy atom. The van der Waals surface area contributed by atoms with Gasteiger partial charge in [0.05, 0.1) is 19.3 Å². The molecule has 1 aromatic heterocycles. The molecule has 90 valence electrons. The maximum atomic E-state index is 5.76. The van der Waals surface area contributed by atoms with Crippen molar-refractivity contribution in [2.45, 2.75) is 23.7 Å². The Morgan fingerprint density at radius 1 is 1.69 bits per heavy atom. The van der Waals surface area contributed by atoms with E-state index in [1.165, 1.54) is 4.90 Å². The number of rotatable bonds is 7. The molecule has 2 unspecified atom stereocenters. The summed E-state index contributed by atoms with van der Waals surface area (Å²) in [4.78, 5) is 1.30. The summed E-state index contributed by atoms with van der Waals surface area (Å²) in [5, 5.41) is 4.23. The van der Waals surface area contributed by atoms with Crippen LogP contribution in [-0.4, -0.2) is 38.5 Å². The summed E-state index contributed by atoms with van der Waals surface area (Å²) in [6.45, 7) is 1.44. The van der Waals surface area contributed by atoms with Crippen LogP contribution in [0.1, 0.15) is 6.42 Å². The fraction of sp³-hybridized carbons (Fsp3) is 0.636. The van der Waals surface area contributed by atoms with Crippen LogP contribution >= 0.6 is 23.1 Å². The van der Waals surface area contributed by atoms with E-state index < -0.39 is 0 Å². The van der Waals surface area contributed by atoms with Gasteiger partial charge in [-0.3, -0.25) is 0 Å². The molecule has 0 aliphatic carbocycles. The van der Waals surface area contributed by atoms with Gasteiger partial charge in [0.15, 0.2) is 6.29 Å². The minimum atomic E-state index is -0.0109. The Labute approximate surface area is 104 Å². The molecule has 1 aromatic rings. The van der Waals surface area contributed by atoms with Crippen LogP contribution in [0.3, 0.4) is 0 Å². The first-order valence-electron chi connectivity index (χ1n) is 5.29. The van der Waals surface area contributed by atoms with E-state index in [0.717, 1.165) is 18.8 Å². The van der Waals surface area contributed by atoms with Crippen molar-refractivity contribution in [3.8, 4) is 0 Å². The standard InChI is InChI=1S/C11H16O3S2/c1-12-6-9(14-11-2-4-13-11)7-16-10-3-5-15-8-10/h3,5,8-9,11H,2,4,6-7H2,1H3. The molecule has 2 atom stereocenters. The first kappa shape index (κ1) is 12.4. The maximum absolute atomic E-state index is 5.76. The van der Waals surface area contributed by atoms with E-state index in [2.05, 4.69) is 16.8 Å². The normalized spacial score (nSPS) is 21.7. The van der Waals surface area contributed by atoms with Gasteiger partial charge in [-0.15, -0.1) is 11.8 Å². The zero-order chi connectivity index (χ0) is 11.2. The van der Waals surface area contributed by atoms with Crippen molar-refractivity contribution in [1.82, 2.24) is 0 Å². The molecule has 5 heteroatoms. The summed E-state index contributed by atoms with van der Waals surface area (Å²) in [5.74, 6) is 0.907. The molecule has 2 heterocycles. The van der Waals surface area contributed by atoms with E-state index in [-0.39, 0.29) is 12.4 Å². The summed E-state index contributed by atoms with van der Waals surface area (Å²) in [6.07, 6.45) is 1.10. The first-order valence-corrected chi connectivity index (χ1v) is 7.22. The van der Waals surface area contributed by atoms with E-state index >= 15 is 0 Å². The lowest BCUT2D eigenvalue weighted by molar-refractivity contribution is -0.237. The van der Waals surface area contributed by atoms with Gasteiger partial charge in [0.2, 0.25) is 0 Å². The molecule has 0 aromatic carbocycles. The zero-order valence-corrected chi connectivity index (χ0v) is 10.9. The van der Waals surface area contributed by atoms with Gasteiger partial charge in [-0.2, -0.15) is 11.3 Å². The highest BCUT2D eigenvalue weighted by atomic mass is 32.2. The highest BCUT2D eigenvalue weighted by Gasteiger charge is 2.23. The van der Waals surface area contributed by atoms with Crippen LogP contribution in [-0.2, 0) is 14.2 Å². The highest BCUT2D eigenvalue weighted by Crippen LogP contribution is 2.24. The summed E-state index contributed by atoms with van der Waals surface area (Å²) < 4.78 is 16.2. The average molecular weight is 260 g/mol. The molecular formula is C11H16O3S2. The van der Waals surface area contributed by atoms with Gasteiger partial charge in [-0.25, -0.2) is 0 Å². The van der Waals surface area contributed by atoms with E-state index in [1.807, 2.05) is 0 Å². The van der Waals surface area contributed by atoms with Crippen LogP contribution in [0, 0.1) is 0 Å². The van der Waals surface area contributed by atoms with Crippen molar-refractivity contribution in [2.75, 3.05) is 26.1 Å². The van der Waals surface area contributed by atoms with Crippen LogP contribution in [0.15, 0.2) is 21.7 Å². The van der Waals surface area contributed by atoms with Crippen LogP contribution in [0.25, 0.3) is 0 Å². The Morgan fingerprint density at radius 2 is 2.56 bits per heavy atom. The maximum Gasteiger partial charge on any atom is 0.160 e. The quantitative estimate of drug-likeness (QED) is 0.704. The van der Waals surface area contributed by atoms with Gasteiger partial charge >= 0.3 is 0 Å². The Kier molecular flexibility index (Phi) is 5.12. The zero-order valence-electron chi connectivity index (χ0n) is 9.26. The van der Waals surface area contributed by atoms with Crippen LogP contribution in [0.5, 0.6) is 0 Å². The molecule has 0 bridgehead atoms. The van der Waals surface area contributed by atoms with E-state index in [0.29, 0.717) is 6.61 Å². The summed E-state index contributed by atoms with van der Waals surface area (Å²) in [5.41, 5.74) is 0. The van der Waals surface area contributed by atoms with Crippen LogP contribution in [0.2, 0.25) is 0 Å². The number of hydrogen-bond donors (Lipinski definition) is 0. The third kappa shape index (κ3) is 3.75. The molecule has 0 amide bonds. The molecular weight excluding hydrogens is 244 g/mol. The van der Waals surface area contributed by atoms with Crippen molar-refractivity contribution >= 4 is 23.1 Å². The van der Waals surface area contributed by atoms with Gasteiger partial charge in [0.25, 0.3) is 0 Å². The second-order valence-electron chi connectivity index (χ2n) is 3.57. The molecule has 3 nitrogen and oxygen atoms in total. The average Bonchev–Trinajstić information content (AvgIpc) is 2.72. The minimum absolute atomic E-state index is 0.0109. The predicted octanol–water partition coefficient (Wildman–Crippen LogP) is 2.62. The molecule has 1 aliphatic rings. The van der Waals surface area contributed by atoms with Gasteiger partial charge in [0.1, 0.15) is 0 Å². The molecule has 2 rings (SSSR count). The van der Waals surface area contributed by atoms with Gasteiger partial charge in [-0.1, -0.05) is 0 Å². The third-order valence-corrected chi connectivity index (χ3v) is 4.24. The van der Waals surface area contributed by atoms with E-state index in [1.54, 1.807) is 30.2 Å². The smallest absolute Gasteiger partial charge is 0.160 e. The monoisotopic (exact) mass is 260 g/mol. The van der Waals surface area contributed by atoms with E-state index in [4.69, 9.17) is 14.2 Å². The van der Waals surface area contributed by atoms with Crippen molar-refractivity contribution in [2.24, 2.45) is 0 Å². The summed E-state index contributed by atoms with van der Waals surface area (Å²) >= 11 is 3.52. The van der Waals surface area contributed by atoms with Gasteiger partial charge in [0, 0.05) is 29.6 Å². The number of hydrogen-bond acceptors (Lipinski definition) is 5. The van der Waals surface area contributed by atoms with Crippen molar-refractivity contribution in [3.63, 3.8) is 0 Å². The molecule has 16 heavy (non-hydrogen) atoms. The number of ether oxygens (including phenoxy) is 3. The first-order chi connectivity index (χ1) is 7.88. The number of thioether (sulfide) groups is 1. The largest absolute Gasteiger partial charge is 0.382 e. The highest BCUT2D eigenvalue weighted by molar-refractivity contribution is 7.99.